The van der Waals surface area contributed by atoms with Gasteiger partial charge in [0.2, 0.25) is 11.8 Å². The molecule has 0 radical (unpaired) electrons. The van der Waals surface area contributed by atoms with Crippen LogP contribution in [-0.2, 0) is 11.2 Å². The van der Waals surface area contributed by atoms with Crippen LogP contribution in [0.5, 0.6) is 0 Å². The molecule has 3 heterocycles. The minimum Gasteiger partial charge on any atom is -0.441 e. The summed E-state index contributed by atoms with van der Waals surface area (Å²) in [6, 6.07) is 1.91. The van der Waals surface area contributed by atoms with Crippen molar-refractivity contribution in [2.75, 3.05) is 13.2 Å². The average Bonchev–Trinajstić information content (AvgIpc) is 3.18. The maximum atomic E-state index is 12.4. The number of likely N-dealkylation sites (tertiary alicyclic amines) is 1. The number of rotatable bonds is 4. The van der Waals surface area contributed by atoms with E-state index in [-0.39, 0.29) is 25.0 Å². The van der Waals surface area contributed by atoms with Crippen molar-refractivity contribution in [3.05, 3.63) is 28.3 Å². The van der Waals surface area contributed by atoms with Gasteiger partial charge in [-0.2, -0.15) is 11.3 Å². The molecular formula is C15H18N2O3S. The number of hydrogen-bond donors (Lipinski definition) is 1. The normalized spacial score (nSPS) is 18.4. The lowest BCUT2D eigenvalue weighted by Gasteiger charge is -2.22. The van der Waals surface area contributed by atoms with E-state index in [0.29, 0.717) is 17.3 Å². The first kappa shape index (κ1) is 14.3. The Morgan fingerprint density at radius 2 is 2.48 bits per heavy atom. The van der Waals surface area contributed by atoms with E-state index in [2.05, 4.69) is 4.98 Å². The van der Waals surface area contributed by atoms with E-state index in [9.17, 15) is 9.90 Å². The van der Waals surface area contributed by atoms with Crippen LogP contribution in [0.4, 0.5) is 0 Å². The molecule has 1 aliphatic rings. The molecule has 3 rings (SSSR count). The second-order valence-corrected chi connectivity index (χ2v) is 6.06. The van der Waals surface area contributed by atoms with Crippen LogP contribution in [-0.4, -0.2) is 40.1 Å². The molecule has 1 aliphatic heterocycles. The molecule has 0 spiro atoms. The molecule has 5 nitrogen and oxygen atoms in total. The molecule has 2 aromatic heterocycles. The standard InChI is InChI=1S/C15H18N2O3S/c1-10-13(16-15(20-10)11-4-6-21-9-11)7-14(19)17-5-2-3-12(17)8-18/h4,6,9,12,18H,2-3,5,7-8H2,1H3/t12-/m1/s1. The number of carbonyl (C=O) groups excluding carboxylic acids is 1. The second-order valence-electron chi connectivity index (χ2n) is 5.28. The van der Waals surface area contributed by atoms with Gasteiger partial charge in [-0.15, -0.1) is 0 Å². The summed E-state index contributed by atoms with van der Waals surface area (Å²) in [6.45, 7) is 2.58. The molecule has 1 N–H and O–H groups in total. The van der Waals surface area contributed by atoms with Crippen molar-refractivity contribution < 1.29 is 14.3 Å². The average molecular weight is 306 g/mol. The van der Waals surface area contributed by atoms with Crippen LogP contribution in [0.3, 0.4) is 0 Å². The third kappa shape index (κ3) is 2.87. The van der Waals surface area contributed by atoms with Crippen molar-refractivity contribution in [1.29, 1.82) is 0 Å². The molecular weight excluding hydrogens is 288 g/mol. The van der Waals surface area contributed by atoms with Gasteiger partial charge in [0.15, 0.2) is 0 Å². The Balaban J connectivity index is 1.74. The van der Waals surface area contributed by atoms with E-state index in [0.717, 1.165) is 24.9 Å². The van der Waals surface area contributed by atoms with Crippen LogP contribution in [0.15, 0.2) is 21.2 Å². The third-order valence-electron chi connectivity index (χ3n) is 3.89. The van der Waals surface area contributed by atoms with Gasteiger partial charge in [0, 0.05) is 17.5 Å². The zero-order valence-corrected chi connectivity index (χ0v) is 12.7. The summed E-state index contributed by atoms with van der Waals surface area (Å²) in [5.74, 6) is 1.26. The number of carbonyl (C=O) groups is 1. The van der Waals surface area contributed by atoms with Crippen LogP contribution in [0.1, 0.15) is 24.3 Å². The summed E-state index contributed by atoms with van der Waals surface area (Å²) in [5.41, 5.74) is 1.63. The monoisotopic (exact) mass is 306 g/mol. The number of hydrogen-bond acceptors (Lipinski definition) is 5. The SMILES string of the molecule is Cc1oc(-c2ccsc2)nc1CC(=O)N1CCC[C@@H]1CO. The molecule has 112 valence electrons. The van der Waals surface area contributed by atoms with Crippen molar-refractivity contribution in [3.63, 3.8) is 0 Å². The highest BCUT2D eigenvalue weighted by molar-refractivity contribution is 7.08. The quantitative estimate of drug-likeness (QED) is 0.940. The van der Waals surface area contributed by atoms with Crippen LogP contribution in [0.25, 0.3) is 11.5 Å². The molecule has 2 aromatic rings. The fourth-order valence-electron chi connectivity index (χ4n) is 2.70. The predicted octanol–water partition coefficient (Wildman–Crippen LogP) is 2.24. The lowest BCUT2D eigenvalue weighted by molar-refractivity contribution is -0.132. The molecule has 0 unspecified atom stereocenters. The Kier molecular flexibility index (Phi) is 4.07. The molecule has 21 heavy (non-hydrogen) atoms. The first-order chi connectivity index (χ1) is 10.2. The van der Waals surface area contributed by atoms with Crippen molar-refractivity contribution in [2.24, 2.45) is 0 Å². The Labute approximate surface area is 127 Å². The molecule has 0 aromatic carbocycles. The van der Waals surface area contributed by atoms with Gasteiger partial charge >= 0.3 is 0 Å². The van der Waals surface area contributed by atoms with Gasteiger partial charge in [-0.3, -0.25) is 4.79 Å². The summed E-state index contributed by atoms with van der Waals surface area (Å²) in [7, 11) is 0. The predicted molar refractivity (Wildman–Crippen MR) is 80.1 cm³/mol. The zero-order valence-electron chi connectivity index (χ0n) is 11.9. The van der Waals surface area contributed by atoms with Crippen LogP contribution in [0, 0.1) is 6.92 Å². The van der Waals surface area contributed by atoms with Gasteiger partial charge in [0.1, 0.15) is 5.76 Å². The van der Waals surface area contributed by atoms with E-state index < -0.39 is 0 Å². The number of aromatic nitrogens is 1. The summed E-state index contributed by atoms with van der Waals surface area (Å²) < 4.78 is 5.65. The first-order valence-corrected chi connectivity index (χ1v) is 8.02. The minimum absolute atomic E-state index is 0.0137. The van der Waals surface area contributed by atoms with E-state index in [1.54, 1.807) is 16.2 Å². The van der Waals surface area contributed by atoms with Gasteiger partial charge in [-0.25, -0.2) is 4.98 Å². The molecule has 1 atom stereocenters. The highest BCUT2D eigenvalue weighted by Crippen LogP contribution is 2.25. The third-order valence-corrected chi connectivity index (χ3v) is 4.57. The lowest BCUT2D eigenvalue weighted by Crippen LogP contribution is -2.38. The van der Waals surface area contributed by atoms with Gasteiger partial charge in [-0.05, 0) is 31.2 Å². The Bertz CT molecular complexity index is 621. The van der Waals surface area contributed by atoms with Crippen LogP contribution < -0.4 is 0 Å². The van der Waals surface area contributed by atoms with Crippen molar-refractivity contribution in [2.45, 2.75) is 32.2 Å². The fourth-order valence-corrected chi connectivity index (χ4v) is 3.33. The Morgan fingerprint density at radius 1 is 1.62 bits per heavy atom. The smallest absolute Gasteiger partial charge is 0.229 e. The molecule has 1 fully saturated rings. The summed E-state index contributed by atoms with van der Waals surface area (Å²) in [5, 5.41) is 13.2. The second kappa shape index (κ2) is 5.99. The largest absolute Gasteiger partial charge is 0.441 e. The van der Waals surface area contributed by atoms with E-state index >= 15 is 0 Å². The van der Waals surface area contributed by atoms with Gasteiger partial charge < -0.3 is 14.4 Å². The van der Waals surface area contributed by atoms with E-state index in [4.69, 9.17) is 4.42 Å². The Hall–Kier alpha value is -1.66. The number of aliphatic hydroxyl groups is 1. The van der Waals surface area contributed by atoms with Crippen molar-refractivity contribution >= 4 is 17.2 Å². The number of aryl methyl sites for hydroxylation is 1. The van der Waals surface area contributed by atoms with Gasteiger partial charge in [-0.1, -0.05) is 0 Å². The molecule has 0 aliphatic carbocycles. The van der Waals surface area contributed by atoms with Gasteiger partial charge in [0.05, 0.1) is 24.8 Å². The van der Waals surface area contributed by atoms with Crippen molar-refractivity contribution in [1.82, 2.24) is 9.88 Å². The Morgan fingerprint density at radius 3 is 3.19 bits per heavy atom. The summed E-state index contributed by atoms with van der Waals surface area (Å²) >= 11 is 1.58. The topological polar surface area (TPSA) is 66.6 Å². The fraction of sp³-hybridized carbons (Fsp3) is 0.467. The van der Waals surface area contributed by atoms with Crippen LogP contribution >= 0.6 is 11.3 Å². The van der Waals surface area contributed by atoms with E-state index in [1.807, 2.05) is 23.8 Å². The molecule has 6 heteroatoms. The zero-order chi connectivity index (χ0) is 14.8. The molecule has 1 saturated heterocycles. The summed E-state index contributed by atoms with van der Waals surface area (Å²) in [6.07, 6.45) is 2.06. The number of thiophene rings is 1. The highest BCUT2D eigenvalue weighted by Gasteiger charge is 2.29. The maximum absolute atomic E-state index is 12.4. The number of aliphatic hydroxyl groups excluding tert-OH is 1. The number of amides is 1. The minimum atomic E-state index is -0.0407. The number of nitrogens with zero attached hydrogens (tertiary/aromatic N) is 2. The van der Waals surface area contributed by atoms with E-state index in [1.165, 1.54) is 0 Å². The molecule has 0 saturated carbocycles. The van der Waals surface area contributed by atoms with Gasteiger partial charge in [0.25, 0.3) is 0 Å². The molecule has 0 bridgehead atoms. The summed E-state index contributed by atoms with van der Waals surface area (Å²) in [4.78, 5) is 18.6. The molecule has 1 amide bonds. The maximum Gasteiger partial charge on any atom is 0.229 e. The lowest BCUT2D eigenvalue weighted by atomic mass is 10.2. The van der Waals surface area contributed by atoms with Crippen molar-refractivity contribution in [3.8, 4) is 11.5 Å². The number of oxazole rings is 1. The van der Waals surface area contributed by atoms with Crippen LogP contribution in [0.2, 0.25) is 0 Å². The first-order valence-electron chi connectivity index (χ1n) is 7.08. The highest BCUT2D eigenvalue weighted by atomic mass is 32.1.